The normalized spacial score (nSPS) is 35.8. The minimum Gasteiger partial charge on any atom is -0.408 e. The van der Waals surface area contributed by atoms with Crippen molar-refractivity contribution in [2.45, 2.75) is 88.2 Å². The Balaban J connectivity index is 2.39. The van der Waals surface area contributed by atoms with Crippen LogP contribution in [-0.2, 0) is 28.2 Å². The third-order valence-electron chi connectivity index (χ3n) is 5.25. The molecule has 0 radical (unpaired) electrons. The van der Waals surface area contributed by atoms with Crippen molar-refractivity contribution in [2.24, 2.45) is 0 Å². The molecule has 0 amide bonds. The second-order valence-electron chi connectivity index (χ2n) is 8.87. The first-order chi connectivity index (χ1) is 11.1. The molecule has 148 valence electrons. The van der Waals surface area contributed by atoms with Crippen LogP contribution in [0.2, 0.25) is 18.1 Å². The Labute approximate surface area is 157 Å². The van der Waals surface area contributed by atoms with Gasteiger partial charge in [0.05, 0.1) is 11.5 Å². The molecule has 5 atom stereocenters. The summed E-state index contributed by atoms with van der Waals surface area (Å²) in [4.78, 5) is 0. The zero-order valence-electron chi connectivity index (χ0n) is 16.7. The first-order valence-electron chi connectivity index (χ1n) is 8.52. The predicted molar refractivity (Wildman–Crippen MR) is 103 cm³/mol. The maximum absolute atomic E-state index is 11.8. The van der Waals surface area contributed by atoms with Crippen LogP contribution in [0.15, 0.2) is 0 Å². The van der Waals surface area contributed by atoms with Crippen LogP contribution in [0.3, 0.4) is 0 Å². The van der Waals surface area contributed by atoms with E-state index in [1.807, 2.05) is 20.1 Å². The third kappa shape index (κ3) is 4.62. The van der Waals surface area contributed by atoms with Crippen LogP contribution in [0.4, 0.5) is 0 Å². The monoisotopic (exact) mass is 412 g/mol. The quantitative estimate of drug-likeness (QED) is 0.508. The number of ether oxygens (including phenoxy) is 2. The zero-order valence-corrected chi connectivity index (χ0v) is 19.3. The van der Waals surface area contributed by atoms with Crippen molar-refractivity contribution in [2.75, 3.05) is 12.5 Å². The number of hydrogen-bond acceptors (Lipinski definition) is 7. The second-order valence-corrected chi connectivity index (χ2v) is 16.2. The smallest absolute Gasteiger partial charge is 0.264 e. The molecule has 6 nitrogen and oxygen atoms in total. The van der Waals surface area contributed by atoms with Crippen LogP contribution in [0.25, 0.3) is 0 Å². The van der Waals surface area contributed by atoms with Gasteiger partial charge >= 0.3 is 0 Å². The molecule has 1 saturated carbocycles. The summed E-state index contributed by atoms with van der Waals surface area (Å²) in [5.74, 6) is -0.714. The summed E-state index contributed by atoms with van der Waals surface area (Å²) in [6, 6.07) is 0. The molecular formula is C16H32O6S2Si. The predicted octanol–water partition coefficient (Wildman–Crippen LogP) is 2.99. The van der Waals surface area contributed by atoms with Gasteiger partial charge in [-0.1, -0.05) is 20.8 Å². The fourth-order valence-corrected chi connectivity index (χ4v) is 6.08. The zero-order chi connectivity index (χ0) is 19.4. The molecule has 1 aliphatic carbocycles. The van der Waals surface area contributed by atoms with Crippen molar-refractivity contribution in [3.05, 3.63) is 0 Å². The van der Waals surface area contributed by atoms with E-state index in [4.69, 9.17) is 18.1 Å². The van der Waals surface area contributed by atoms with Crippen molar-refractivity contribution < 1.29 is 26.5 Å². The Kier molecular flexibility index (Phi) is 5.85. The lowest BCUT2D eigenvalue weighted by Crippen LogP contribution is -2.51. The molecule has 0 aromatic heterocycles. The van der Waals surface area contributed by atoms with E-state index < -0.39 is 36.4 Å². The highest BCUT2D eigenvalue weighted by atomic mass is 32.2. The average Bonchev–Trinajstić information content (AvgIpc) is 2.79. The van der Waals surface area contributed by atoms with Gasteiger partial charge in [-0.05, 0) is 38.2 Å². The second kappa shape index (κ2) is 6.75. The molecule has 1 aliphatic heterocycles. The molecule has 0 spiro atoms. The van der Waals surface area contributed by atoms with E-state index in [9.17, 15) is 8.42 Å². The summed E-state index contributed by atoms with van der Waals surface area (Å²) < 4.78 is 47.9. The largest absolute Gasteiger partial charge is 0.408 e. The summed E-state index contributed by atoms with van der Waals surface area (Å²) in [7, 11) is -5.78. The van der Waals surface area contributed by atoms with Gasteiger partial charge in [0.1, 0.15) is 24.4 Å². The van der Waals surface area contributed by atoms with E-state index in [0.29, 0.717) is 0 Å². The van der Waals surface area contributed by atoms with Gasteiger partial charge < -0.3 is 13.9 Å². The van der Waals surface area contributed by atoms with Crippen LogP contribution in [0.1, 0.15) is 34.6 Å². The van der Waals surface area contributed by atoms with Gasteiger partial charge in [0.25, 0.3) is 10.1 Å². The fourth-order valence-electron chi connectivity index (χ4n) is 3.12. The molecule has 0 bridgehead atoms. The van der Waals surface area contributed by atoms with E-state index in [-0.39, 0.29) is 22.5 Å². The van der Waals surface area contributed by atoms with Crippen LogP contribution in [0.5, 0.6) is 0 Å². The first-order valence-corrected chi connectivity index (χ1v) is 14.5. The van der Waals surface area contributed by atoms with E-state index in [0.717, 1.165) is 6.26 Å². The average molecular weight is 413 g/mol. The fraction of sp³-hybridized carbons (Fsp3) is 1.00. The Morgan fingerprint density at radius 2 is 1.60 bits per heavy atom. The van der Waals surface area contributed by atoms with Gasteiger partial charge in [0, 0.05) is 0 Å². The SMILES string of the molecule is CS[C@H]1[C@@H]2OC(C)(C)O[C@@H]2[C@H](O[Si](C)(C)C(C)(C)C)[C@H]1OS(C)(=O)=O. The van der Waals surface area contributed by atoms with Gasteiger partial charge in [-0.2, -0.15) is 20.2 Å². The van der Waals surface area contributed by atoms with Gasteiger partial charge in [-0.15, -0.1) is 0 Å². The molecule has 2 aliphatic rings. The molecular weight excluding hydrogens is 380 g/mol. The Hall–Kier alpha value is 0.357. The molecule has 0 N–H and O–H groups in total. The molecule has 2 fully saturated rings. The molecule has 0 aromatic rings. The number of thioether (sulfide) groups is 1. The van der Waals surface area contributed by atoms with Gasteiger partial charge in [0.15, 0.2) is 14.1 Å². The van der Waals surface area contributed by atoms with Crippen molar-refractivity contribution in [1.82, 2.24) is 0 Å². The van der Waals surface area contributed by atoms with Crippen LogP contribution >= 0.6 is 11.8 Å². The summed E-state index contributed by atoms with van der Waals surface area (Å²) in [5.41, 5.74) is 0. The lowest BCUT2D eigenvalue weighted by atomic mass is 10.2. The molecule has 1 saturated heterocycles. The van der Waals surface area contributed by atoms with E-state index in [1.165, 1.54) is 11.8 Å². The Bertz CT molecular complexity index is 598. The van der Waals surface area contributed by atoms with Gasteiger partial charge in [0.2, 0.25) is 0 Å². The van der Waals surface area contributed by atoms with Crippen molar-refractivity contribution in [1.29, 1.82) is 0 Å². The summed E-state index contributed by atoms with van der Waals surface area (Å²) >= 11 is 1.54. The van der Waals surface area contributed by atoms with Crippen LogP contribution in [0, 0.1) is 0 Å². The van der Waals surface area contributed by atoms with Crippen LogP contribution in [-0.4, -0.2) is 64.7 Å². The standard InChI is InChI=1S/C16H32O6S2Si/c1-15(2,3)25(8,9)22-11-10-12(20-16(4,5)19-10)14(23-6)13(11)21-24(7,17)18/h10-14H,1-9H3/t10-,11+,12-,13-,14+/m1/s1. The van der Waals surface area contributed by atoms with Crippen molar-refractivity contribution >= 4 is 30.2 Å². The van der Waals surface area contributed by atoms with E-state index in [1.54, 1.807) is 0 Å². The lowest BCUT2D eigenvalue weighted by Gasteiger charge is -2.41. The minimum absolute atomic E-state index is 0.00937. The Morgan fingerprint density at radius 1 is 1.08 bits per heavy atom. The number of fused-ring (bicyclic) bond motifs is 1. The summed E-state index contributed by atoms with van der Waals surface area (Å²) in [6.07, 6.45) is 1.32. The van der Waals surface area contributed by atoms with Crippen molar-refractivity contribution in [3.63, 3.8) is 0 Å². The number of rotatable bonds is 5. The van der Waals surface area contributed by atoms with E-state index in [2.05, 4.69) is 33.9 Å². The molecule has 1 heterocycles. The summed E-state index contributed by atoms with van der Waals surface area (Å²) in [6.45, 7) is 14.5. The lowest BCUT2D eigenvalue weighted by molar-refractivity contribution is -0.168. The number of hydrogen-bond donors (Lipinski definition) is 0. The highest BCUT2D eigenvalue weighted by Crippen LogP contribution is 2.48. The molecule has 0 unspecified atom stereocenters. The minimum atomic E-state index is -3.62. The molecule has 25 heavy (non-hydrogen) atoms. The maximum Gasteiger partial charge on any atom is 0.264 e. The molecule has 0 aromatic carbocycles. The van der Waals surface area contributed by atoms with Gasteiger partial charge in [-0.25, -0.2) is 0 Å². The maximum atomic E-state index is 11.8. The van der Waals surface area contributed by atoms with E-state index >= 15 is 0 Å². The third-order valence-corrected chi connectivity index (χ3v) is 11.4. The highest BCUT2D eigenvalue weighted by molar-refractivity contribution is 7.99. The molecule has 2 rings (SSSR count). The van der Waals surface area contributed by atoms with Crippen LogP contribution < -0.4 is 0 Å². The first kappa shape index (κ1) is 21.7. The van der Waals surface area contributed by atoms with Crippen molar-refractivity contribution in [3.8, 4) is 0 Å². The van der Waals surface area contributed by atoms with Gasteiger partial charge in [-0.3, -0.25) is 4.18 Å². The Morgan fingerprint density at radius 3 is 2.04 bits per heavy atom. The molecule has 9 heteroatoms. The summed E-state index contributed by atoms with van der Waals surface area (Å²) in [5, 5.41) is -0.179. The topological polar surface area (TPSA) is 71.1 Å². The highest BCUT2D eigenvalue weighted by Gasteiger charge is 2.62.